The van der Waals surface area contributed by atoms with Gasteiger partial charge < -0.3 is 4.74 Å². The molecule has 2 atom stereocenters. The molecule has 0 radical (unpaired) electrons. The number of ether oxygens (including phenoxy) is 1. The molecule has 160 valence electrons. The largest absolute Gasteiger partial charge is 0.366 e. The normalized spacial score (nSPS) is 17.2. The molecule has 0 spiro atoms. The van der Waals surface area contributed by atoms with E-state index >= 15 is 0 Å². The number of carbonyl (C=O) groups is 1. The van der Waals surface area contributed by atoms with Crippen LogP contribution in [0.25, 0.3) is 0 Å². The number of piperidine rings is 1. The highest BCUT2D eigenvalue weighted by Crippen LogP contribution is 2.33. The van der Waals surface area contributed by atoms with Gasteiger partial charge in [-0.15, -0.1) is 0 Å². The van der Waals surface area contributed by atoms with Crippen molar-refractivity contribution in [1.82, 2.24) is 4.90 Å². The number of benzene rings is 3. The van der Waals surface area contributed by atoms with Crippen molar-refractivity contribution in [2.45, 2.75) is 37.8 Å². The summed E-state index contributed by atoms with van der Waals surface area (Å²) in [5, 5.41) is 0. The maximum absolute atomic E-state index is 13.4. The van der Waals surface area contributed by atoms with Gasteiger partial charge in [0.2, 0.25) is 0 Å². The van der Waals surface area contributed by atoms with Crippen LogP contribution >= 0.6 is 0 Å². The molecule has 1 aliphatic heterocycles. The van der Waals surface area contributed by atoms with Crippen molar-refractivity contribution in [2.24, 2.45) is 0 Å². The quantitative estimate of drug-likeness (QED) is 0.457. The Balaban J connectivity index is 1.43. The predicted octanol–water partition coefficient (Wildman–Crippen LogP) is 5.95. The second-order valence-corrected chi connectivity index (χ2v) is 8.36. The van der Waals surface area contributed by atoms with Gasteiger partial charge in [-0.05, 0) is 55.5 Å². The van der Waals surface area contributed by atoms with Crippen molar-refractivity contribution in [3.05, 3.63) is 108 Å². The first-order valence-corrected chi connectivity index (χ1v) is 11.3. The number of ketones is 1. The molecular weight excluding hydrogens is 382 g/mol. The minimum Gasteiger partial charge on any atom is -0.366 e. The Hall–Kier alpha value is -2.75. The van der Waals surface area contributed by atoms with Crippen LogP contribution in [0.1, 0.15) is 54.5 Å². The zero-order valence-electron chi connectivity index (χ0n) is 18.2. The van der Waals surface area contributed by atoms with Gasteiger partial charge in [0.05, 0.1) is 12.1 Å². The summed E-state index contributed by atoms with van der Waals surface area (Å²) in [5.74, 6) is 0.700. The Bertz CT molecular complexity index is 935. The SMILES string of the molecule is C[C@H](OCC(=O)C(c1ccccc1)N1CCC(c2ccccc2)CC1)c1ccccc1. The van der Waals surface area contributed by atoms with Crippen LogP contribution in [0, 0.1) is 0 Å². The van der Waals surface area contributed by atoms with Crippen LogP contribution < -0.4 is 0 Å². The van der Waals surface area contributed by atoms with Gasteiger partial charge in [-0.1, -0.05) is 91.0 Å². The molecule has 1 aliphatic rings. The van der Waals surface area contributed by atoms with Crippen LogP contribution in [-0.4, -0.2) is 30.4 Å². The van der Waals surface area contributed by atoms with E-state index in [0.717, 1.165) is 37.1 Å². The van der Waals surface area contributed by atoms with Gasteiger partial charge in [0.15, 0.2) is 5.78 Å². The van der Waals surface area contributed by atoms with Crippen molar-refractivity contribution in [1.29, 1.82) is 0 Å². The van der Waals surface area contributed by atoms with E-state index < -0.39 is 0 Å². The van der Waals surface area contributed by atoms with Crippen molar-refractivity contribution in [2.75, 3.05) is 19.7 Å². The highest BCUT2D eigenvalue weighted by atomic mass is 16.5. The van der Waals surface area contributed by atoms with E-state index in [2.05, 4.69) is 47.4 Å². The summed E-state index contributed by atoms with van der Waals surface area (Å²) in [7, 11) is 0. The highest BCUT2D eigenvalue weighted by Gasteiger charge is 2.31. The molecule has 1 saturated heterocycles. The van der Waals surface area contributed by atoms with Gasteiger partial charge in [0, 0.05) is 0 Å². The van der Waals surface area contributed by atoms with E-state index in [1.807, 2.05) is 55.5 Å². The molecule has 31 heavy (non-hydrogen) atoms. The zero-order chi connectivity index (χ0) is 21.5. The average Bonchev–Trinajstić information content (AvgIpc) is 2.85. The van der Waals surface area contributed by atoms with E-state index in [1.165, 1.54) is 5.56 Å². The van der Waals surface area contributed by atoms with Gasteiger partial charge in [0.1, 0.15) is 6.61 Å². The van der Waals surface area contributed by atoms with E-state index in [1.54, 1.807) is 0 Å². The van der Waals surface area contributed by atoms with E-state index in [0.29, 0.717) is 5.92 Å². The summed E-state index contributed by atoms with van der Waals surface area (Å²) in [5.41, 5.74) is 3.56. The molecule has 0 amide bonds. The maximum atomic E-state index is 13.4. The Morgan fingerprint density at radius 3 is 1.94 bits per heavy atom. The molecule has 4 rings (SSSR count). The third-order valence-corrected chi connectivity index (χ3v) is 6.33. The minimum absolute atomic E-state index is 0.106. The third-order valence-electron chi connectivity index (χ3n) is 6.33. The van der Waals surface area contributed by atoms with Crippen molar-refractivity contribution in [3.8, 4) is 0 Å². The molecule has 1 unspecified atom stereocenters. The summed E-state index contributed by atoms with van der Waals surface area (Å²) in [6.07, 6.45) is 2.04. The fourth-order valence-corrected chi connectivity index (χ4v) is 4.56. The summed E-state index contributed by atoms with van der Waals surface area (Å²) in [6, 6.07) is 30.7. The molecular formula is C28H31NO2. The molecule has 3 aromatic carbocycles. The van der Waals surface area contributed by atoms with Gasteiger partial charge >= 0.3 is 0 Å². The Morgan fingerprint density at radius 2 is 1.35 bits per heavy atom. The average molecular weight is 414 g/mol. The van der Waals surface area contributed by atoms with E-state index in [-0.39, 0.29) is 24.5 Å². The molecule has 3 aromatic rings. The molecule has 0 saturated carbocycles. The van der Waals surface area contributed by atoms with Crippen LogP contribution in [0.15, 0.2) is 91.0 Å². The summed E-state index contributed by atoms with van der Waals surface area (Å²) in [6.45, 7) is 3.96. The number of nitrogens with zero attached hydrogens (tertiary/aromatic N) is 1. The number of carbonyl (C=O) groups excluding carboxylic acids is 1. The number of likely N-dealkylation sites (tertiary alicyclic amines) is 1. The van der Waals surface area contributed by atoms with Gasteiger partial charge in [-0.2, -0.15) is 0 Å². The lowest BCUT2D eigenvalue weighted by molar-refractivity contribution is -0.131. The number of rotatable bonds is 8. The lowest BCUT2D eigenvalue weighted by atomic mass is 9.88. The molecule has 0 aromatic heterocycles. The van der Waals surface area contributed by atoms with E-state index in [9.17, 15) is 4.79 Å². The monoisotopic (exact) mass is 413 g/mol. The summed E-state index contributed by atoms with van der Waals surface area (Å²) in [4.78, 5) is 15.7. The van der Waals surface area contributed by atoms with Crippen LogP contribution in [-0.2, 0) is 9.53 Å². The number of Topliss-reactive ketones (excluding diaryl/α,β-unsaturated/α-hetero) is 1. The number of hydrogen-bond acceptors (Lipinski definition) is 3. The van der Waals surface area contributed by atoms with Crippen molar-refractivity contribution >= 4 is 5.78 Å². The molecule has 3 heteroatoms. The fourth-order valence-electron chi connectivity index (χ4n) is 4.56. The van der Waals surface area contributed by atoms with Crippen LogP contribution in [0.4, 0.5) is 0 Å². The second kappa shape index (κ2) is 10.5. The van der Waals surface area contributed by atoms with Crippen molar-refractivity contribution in [3.63, 3.8) is 0 Å². The Labute approximate surface area is 185 Å². The molecule has 0 N–H and O–H groups in total. The van der Waals surface area contributed by atoms with Gasteiger partial charge in [-0.25, -0.2) is 0 Å². The Kier molecular flexibility index (Phi) is 7.29. The standard InChI is InChI=1S/C28H31NO2/c1-22(23-11-5-2-6-12-23)31-21-27(30)28(26-15-9-4-10-16-26)29-19-17-25(18-20-29)24-13-7-3-8-14-24/h2-16,22,25,28H,17-21H2,1H3/t22-,28?/m0/s1. The smallest absolute Gasteiger partial charge is 0.180 e. The second-order valence-electron chi connectivity index (χ2n) is 8.36. The van der Waals surface area contributed by atoms with Crippen LogP contribution in [0.3, 0.4) is 0 Å². The van der Waals surface area contributed by atoms with Gasteiger partial charge in [-0.3, -0.25) is 9.69 Å². The minimum atomic E-state index is -0.249. The molecule has 1 fully saturated rings. The zero-order valence-corrected chi connectivity index (χ0v) is 18.2. The summed E-state index contributed by atoms with van der Waals surface area (Å²) >= 11 is 0. The maximum Gasteiger partial charge on any atom is 0.180 e. The van der Waals surface area contributed by atoms with E-state index in [4.69, 9.17) is 4.74 Å². The fraction of sp³-hybridized carbons (Fsp3) is 0.321. The first-order chi connectivity index (χ1) is 15.2. The highest BCUT2D eigenvalue weighted by molar-refractivity contribution is 5.86. The van der Waals surface area contributed by atoms with Gasteiger partial charge in [0.25, 0.3) is 0 Å². The molecule has 3 nitrogen and oxygen atoms in total. The first kappa shape index (κ1) is 21.5. The van der Waals surface area contributed by atoms with Crippen molar-refractivity contribution < 1.29 is 9.53 Å². The van der Waals surface area contributed by atoms with Crippen LogP contribution in [0.5, 0.6) is 0 Å². The first-order valence-electron chi connectivity index (χ1n) is 11.3. The third kappa shape index (κ3) is 5.49. The lowest BCUT2D eigenvalue weighted by Crippen LogP contribution is -2.41. The predicted molar refractivity (Wildman–Crippen MR) is 125 cm³/mol. The topological polar surface area (TPSA) is 29.5 Å². The Morgan fingerprint density at radius 1 is 0.839 bits per heavy atom. The molecule has 0 bridgehead atoms. The lowest BCUT2D eigenvalue weighted by Gasteiger charge is -2.37. The van der Waals surface area contributed by atoms with Crippen LogP contribution in [0.2, 0.25) is 0 Å². The molecule has 0 aliphatic carbocycles. The number of hydrogen-bond donors (Lipinski definition) is 0. The summed E-state index contributed by atoms with van der Waals surface area (Å²) < 4.78 is 6.00. The molecule has 1 heterocycles.